The van der Waals surface area contributed by atoms with Gasteiger partial charge in [0.15, 0.2) is 0 Å². The van der Waals surface area contributed by atoms with Gasteiger partial charge in [0.05, 0.1) is 0 Å². The fraction of sp³-hybridized carbons (Fsp3) is 1.00. The van der Waals surface area contributed by atoms with Crippen molar-refractivity contribution in [1.82, 2.24) is 0 Å². The van der Waals surface area contributed by atoms with Crippen LogP contribution in [0, 0.1) is 23.2 Å². The molecule has 1 N–H and O–H groups in total. The highest BCUT2D eigenvalue weighted by Crippen LogP contribution is 2.57. The average molecular weight is 180 g/mol. The van der Waals surface area contributed by atoms with E-state index in [1.54, 1.807) is 0 Å². The molecule has 4 saturated carbocycles. The molecule has 0 spiro atoms. The maximum absolute atomic E-state index is 9.56. The van der Waals surface area contributed by atoms with Gasteiger partial charge in [-0.05, 0) is 55.3 Å². The van der Waals surface area contributed by atoms with Gasteiger partial charge in [0.2, 0.25) is 0 Å². The first-order chi connectivity index (χ1) is 6.30. The number of rotatable bonds is 1. The molecule has 0 aromatic rings. The molecule has 0 radical (unpaired) electrons. The summed E-state index contributed by atoms with van der Waals surface area (Å²) in [4.78, 5) is 0. The molecule has 1 nitrogen and oxygen atoms in total. The molecule has 0 saturated heterocycles. The molecule has 4 aliphatic rings. The Kier molecular flexibility index (Phi) is 1.74. The van der Waals surface area contributed by atoms with Gasteiger partial charge in [0, 0.05) is 6.61 Å². The molecule has 0 aromatic carbocycles. The molecular formula is C12H20O. The summed E-state index contributed by atoms with van der Waals surface area (Å²) in [6.45, 7) is 0.469. The van der Waals surface area contributed by atoms with E-state index in [9.17, 15) is 5.11 Å². The van der Waals surface area contributed by atoms with E-state index in [1.165, 1.54) is 44.9 Å². The van der Waals surface area contributed by atoms with Crippen molar-refractivity contribution in [3.8, 4) is 0 Å². The van der Waals surface area contributed by atoms with Crippen molar-refractivity contribution >= 4 is 0 Å². The SMILES string of the molecule is OCC12CC3C[C@@H](CC[C@@H](C3)C1)C2. The lowest BCUT2D eigenvalue weighted by atomic mass is 9.59. The monoisotopic (exact) mass is 180 g/mol. The fourth-order valence-corrected chi connectivity index (χ4v) is 4.56. The molecule has 4 bridgehead atoms. The summed E-state index contributed by atoms with van der Waals surface area (Å²) in [5.41, 5.74) is 0.382. The molecule has 0 aliphatic heterocycles. The topological polar surface area (TPSA) is 20.2 Å². The molecule has 4 fully saturated rings. The van der Waals surface area contributed by atoms with Crippen molar-refractivity contribution in [3.63, 3.8) is 0 Å². The molecular weight excluding hydrogens is 160 g/mol. The standard InChI is InChI=1S/C12H20O/c13-8-12-5-9-1-2-10(6-12)4-11(3-9)7-12/h9-11,13H,1-8H2/t9-,10+,11?,12?. The number of hydrogen-bond acceptors (Lipinski definition) is 1. The third-order valence-corrected chi connectivity index (χ3v) is 4.82. The Morgan fingerprint density at radius 2 is 1.46 bits per heavy atom. The van der Waals surface area contributed by atoms with Gasteiger partial charge >= 0.3 is 0 Å². The van der Waals surface area contributed by atoms with Crippen LogP contribution < -0.4 is 0 Å². The first kappa shape index (κ1) is 8.28. The molecule has 4 atom stereocenters. The van der Waals surface area contributed by atoms with Crippen LogP contribution in [-0.4, -0.2) is 11.7 Å². The van der Waals surface area contributed by atoms with Crippen LogP contribution in [0.25, 0.3) is 0 Å². The number of fused-ring (bicyclic) bond motifs is 1. The maximum atomic E-state index is 9.56. The molecule has 0 aromatic heterocycles. The normalized spacial score (nSPS) is 53.8. The Labute approximate surface area is 80.5 Å². The van der Waals surface area contributed by atoms with Crippen LogP contribution in [0.1, 0.15) is 44.9 Å². The molecule has 0 amide bonds. The summed E-state index contributed by atoms with van der Waals surface area (Å²) in [5.74, 6) is 2.92. The summed E-state index contributed by atoms with van der Waals surface area (Å²) in [6, 6.07) is 0. The molecule has 13 heavy (non-hydrogen) atoms. The quantitative estimate of drug-likeness (QED) is 0.657. The Hall–Kier alpha value is -0.0400. The highest BCUT2D eigenvalue weighted by atomic mass is 16.3. The molecule has 74 valence electrons. The lowest BCUT2D eigenvalue weighted by molar-refractivity contribution is -0.0118. The van der Waals surface area contributed by atoms with Gasteiger partial charge in [0.1, 0.15) is 0 Å². The van der Waals surface area contributed by atoms with Gasteiger partial charge in [-0.1, -0.05) is 12.8 Å². The van der Waals surface area contributed by atoms with Crippen molar-refractivity contribution in [2.24, 2.45) is 23.2 Å². The van der Waals surface area contributed by atoms with E-state index < -0.39 is 0 Å². The zero-order chi connectivity index (χ0) is 8.89. The molecule has 2 unspecified atom stereocenters. The van der Waals surface area contributed by atoms with Crippen LogP contribution in [0.5, 0.6) is 0 Å². The third-order valence-electron chi connectivity index (χ3n) is 4.82. The van der Waals surface area contributed by atoms with E-state index in [4.69, 9.17) is 0 Å². The van der Waals surface area contributed by atoms with Crippen molar-refractivity contribution in [2.45, 2.75) is 44.9 Å². The van der Waals surface area contributed by atoms with Crippen LogP contribution in [0.15, 0.2) is 0 Å². The zero-order valence-electron chi connectivity index (χ0n) is 8.34. The van der Waals surface area contributed by atoms with E-state index in [2.05, 4.69) is 0 Å². The summed E-state index contributed by atoms with van der Waals surface area (Å²) >= 11 is 0. The minimum absolute atomic E-state index is 0.382. The van der Waals surface area contributed by atoms with E-state index in [-0.39, 0.29) is 0 Å². The predicted octanol–water partition coefficient (Wildman–Crippen LogP) is 2.59. The van der Waals surface area contributed by atoms with Gasteiger partial charge in [-0.15, -0.1) is 0 Å². The van der Waals surface area contributed by atoms with E-state index >= 15 is 0 Å². The summed E-state index contributed by atoms with van der Waals surface area (Å²) < 4.78 is 0. The Morgan fingerprint density at radius 3 is 2.00 bits per heavy atom. The Balaban J connectivity index is 1.92. The Bertz CT molecular complexity index is 195. The summed E-state index contributed by atoms with van der Waals surface area (Å²) in [6.07, 6.45) is 9.92. The minimum atomic E-state index is 0.382. The molecule has 1 heteroatoms. The van der Waals surface area contributed by atoms with E-state index in [1.807, 2.05) is 0 Å². The third kappa shape index (κ3) is 1.24. The van der Waals surface area contributed by atoms with Gasteiger partial charge in [0.25, 0.3) is 0 Å². The lowest BCUT2D eigenvalue weighted by Crippen LogP contribution is -2.40. The van der Waals surface area contributed by atoms with Crippen molar-refractivity contribution < 1.29 is 5.11 Å². The van der Waals surface area contributed by atoms with Crippen molar-refractivity contribution in [3.05, 3.63) is 0 Å². The smallest absolute Gasteiger partial charge is 0.0487 e. The number of hydrogen-bond donors (Lipinski definition) is 1. The Morgan fingerprint density at radius 1 is 0.923 bits per heavy atom. The van der Waals surface area contributed by atoms with E-state index in [0.29, 0.717) is 12.0 Å². The van der Waals surface area contributed by atoms with Crippen LogP contribution in [0.4, 0.5) is 0 Å². The highest BCUT2D eigenvalue weighted by molar-refractivity contribution is 4.98. The highest BCUT2D eigenvalue weighted by Gasteiger charge is 2.47. The molecule has 0 heterocycles. The van der Waals surface area contributed by atoms with Gasteiger partial charge < -0.3 is 5.11 Å². The van der Waals surface area contributed by atoms with Crippen molar-refractivity contribution in [2.75, 3.05) is 6.61 Å². The second-order valence-electron chi connectivity index (χ2n) is 5.92. The predicted molar refractivity (Wildman–Crippen MR) is 52.3 cm³/mol. The van der Waals surface area contributed by atoms with E-state index in [0.717, 1.165) is 17.8 Å². The number of aliphatic hydroxyl groups excluding tert-OH is 1. The summed E-state index contributed by atoms with van der Waals surface area (Å²) in [7, 11) is 0. The van der Waals surface area contributed by atoms with Crippen LogP contribution in [-0.2, 0) is 0 Å². The lowest BCUT2D eigenvalue weighted by Gasteiger charge is -2.47. The average Bonchev–Trinajstić information content (AvgIpc) is 2.33. The summed E-state index contributed by atoms with van der Waals surface area (Å²) in [5, 5.41) is 9.56. The molecule has 4 aliphatic carbocycles. The van der Waals surface area contributed by atoms with Crippen LogP contribution in [0.2, 0.25) is 0 Å². The first-order valence-electron chi connectivity index (χ1n) is 5.90. The zero-order valence-corrected chi connectivity index (χ0v) is 8.34. The number of aliphatic hydroxyl groups is 1. The molecule has 4 rings (SSSR count). The minimum Gasteiger partial charge on any atom is -0.396 e. The largest absolute Gasteiger partial charge is 0.396 e. The second-order valence-corrected chi connectivity index (χ2v) is 5.92. The van der Waals surface area contributed by atoms with Gasteiger partial charge in [-0.25, -0.2) is 0 Å². The van der Waals surface area contributed by atoms with Crippen LogP contribution in [0.3, 0.4) is 0 Å². The first-order valence-corrected chi connectivity index (χ1v) is 5.90. The maximum Gasteiger partial charge on any atom is 0.0487 e. The van der Waals surface area contributed by atoms with Gasteiger partial charge in [-0.2, -0.15) is 0 Å². The fourth-order valence-electron chi connectivity index (χ4n) is 4.56. The van der Waals surface area contributed by atoms with Crippen LogP contribution >= 0.6 is 0 Å². The van der Waals surface area contributed by atoms with Gasteiger partial charge in [-0.3, -0.25) is 0 Å². The van der Waals surface area contributed by atoms with Crippen molar-refractivity contribution in [1.29, 1.82) is 0 Å². The second kappa shape index (κ2) is 2.73.